The number of hydrogen-bond acceptors (Lipinski definition) is 5. The number of rotatable bonds is 8. The van der Waals surface area contributed by atoms with E-state index in [0.717, 1.165) is 89.7 Å². The fourth-order valence-corrected chi connectivity index (χ4v) is 13.4. The van der Waals surface area contributed by atoms with E-state index < -0.39 is 5.41 Å². The second-order valence-electron chi connectivity index (χ2n) is 21.4. The number of anilines is 6. The minimum atomic E-state index is -0.774. The first-order valence-corrected chi connectivity index (χ1v) is 27.5. The highest BCUT2D eigenvalue weighted by Crippen LogP contribution is 2.68. The van der Waals surface area contributed by atoms with Crippen LogP contribution in [0.5, 0.6) is 0 Å². The highest BCUT2D eigenvalue weighted by molar-refractivity contribution is 6.27. The second-order valence-corrected chi connectivity index (χ2v) is 21.4. The SMILES string of the molecule is Cc1ccc(N(c2cccc(-c3ccccc3)c2)c2ccc3c4c(c5ccccc5c3c2)-c2c(cc(N(c3cccc(-c5ccccc5)c3)c3ccc(C)cn3)c3oc5ccccc5c23)C42c3ccccc3-c3ccccc32)nc1. The molecule has 376 valence electrons. The maximum absolute atomic E-state index is 7.37. The van der Waals surface area contributed by atoms with Gasteiger partial charge in [0.25, 0.3) is 0 Å². The molecule has 0 atom stereocenters. The fourth-order valence-electron chi connectivity index (χ4n) is 13.4. The number of pyridine rings is 2. The van der Waals surface area contributed by atoms with Gasteiger partial charge in [-0.2, -0.15) is 0 Å². The highest BCUT2D eigenvalue weighted by atomic mass is 16.3. The van der Waals surface area contributed by atoms with Crippen molar-refractivity contribution in [2.24, 2.45) is 0 Å². The Labute approximate surface area is 464 Å². The molecule has 16 rings (SSSR count). The van der Waals surface area contributed by atoms with Crippen LogP contribution in [0.15, 0.2) is 272 Å². The Kier molecular flexibility index (Phi) is 10.2. The normalized spacial score (nSPS) is 12.7. The average molecular weight is 1020 g/mol. The number of furan rings is 1. The van der Waals surface area contributed by atoms with Crippen LogP contribution < -0.4 is 9.80 Å². The third-order valence-electron chi connectivity index (χ3n) is 16.8. The van der Waals surface area contributed by atoms with Crippen molar-refractivity contribution >= 4 is 77.9 Å². The lowest BCUT2D eigenvalue weighted by molar-refractivity contribution is 0.668. The minimum Gasteiger partial charge on any atom is -0.454 e. The van der Waals surface area contributed by atoms with Gasteiger partial charge >= 0.3 is 0 Å². The van der Waals surface area contributed by atoms with E-state index >= 15 is 0 Å². The summed E-state index contributed by atoms with van der Waals surface area (Å²) in [6.07, 6.45) is 3.93. The van der Waals surface area contributed by atoms with Gasteiger partial charge in [0.15, 0.2) is 5.58 Å². The molecule has 0 unspecified atom stereocenters. The molecule has 0 bridgehead atoms. The van der Waals surface area contributed by atoms with E-state index in [9.17, 15) is 0 Å². The van der Waals surface area contributed by atoms with Gasteiger partial charge in [0.1, 0.15) is 17.2 Å². The number of nitrogens with zero attached hydrogens (tertiary/aromatic N) is 4. The molecule has 2 aliphatic rings. The lowest BCUT2D eigenvalue weighted by Gasteiger charge is -2.33. The van der Waals surface area contributed by atoms with E-state index in [0.29, 0.717) is 0 Å². The quantitative estimate of drug-likeness (QED) is 0.142. The van der Waals surface area contributed by atoms with Crippen molar-refractivity contribution in [1.82, 2.24) is 9.97 Å². The van der Waals surface area contributed by atoms with Crippen LogP contribution in [0, 0.1) is 13.8 Å². The summed E-state index contributed by atoms with van der Waals surface area (Å²) in [7, 11) is 0. The van der Waals surface area contributed by atoms with Gasteiger partial charge in [-0.05, 0) is 174 Å². The van der Waals surface area contributed by atoms with Crippen molar-refractivity contribution in [3.63, 3.8) is 0 Å². The van der Waals surface area contributed by atoms with Crippen LogP contribution >= 0.6 is 0 Å². The monoisotopic (exact) mass is 1020 g/mol. The van der Waals surface area contributed by atoms with Crippen LogP contribution in [0.25, 0.3) is 88.0 Å². The predicted molar refractivity (Wildman–Crippen MR) is 330 cm³/mol. The molecule has 14 aromatic rings. The predicted octanol–water partition coefficient (Wildman–Crippen LogP) is 19.9. The second kappa shape index (κ2) is 17.8. The van der Waals surface area contributed by atoms with Gasteiger partial charge in [0.05, 0.1) is 11.1 Å². The van der Waals surface area contributed by atoms with Gasteiger partial charge in [-0.15, -0.1) is 0 Å². The van der Waals surface area contributed by atoms with Crippen LogP contribution in [-0.4, -0.2) is 9.97 Å². The van der Waals surface area contributed by atoms with Crippen LogP contribution in [0.3, 0.4) is 0 Å². The molecule has 5 heteroatoms. The number of benzene rings is 11. The Morgan fingerprint density at radius 1 is 0.362 bits per heavy atom. The summed E-state index contributed by atoms with van der Waals surface area (Å²) in [5.74, 6) is 1.64. The molecule has 0 amide bonds. The Hall–Kier alpha value is -10.4. The number of hydrogen-bond donors (Lipinski definition) is 0. The molecule has 0 saturated heterocycles. The molecule has 80 heavy (non-hydrogen) atoms. The summed E-state index contributed by atoms with van der Waals surface area (Å²) >= 11 is 0. The molecule has 3 aromatic heterocycles. The fraction of sp³-hybridized carbons (Fsp3) is 0.0400. The largest absolute Gasteiger partial charge is 0.454 e. The third kappa shape index (κ3) is 6.77. The van der Waals surface area contributed by atoms with Gasteiger partial charge in [-0.3, -0.25) is 9.80 Å². The molecule has 1 spiro atoms. The molecule has 11 aromatic carbocycles. The summed E-state index contributed by atoms with van der Waals surface area (Å²) in [4.78, 5) is 15.0. The third-order valence-corrected chi connectivity index (χ3v) is 16.8. The van der Waals surface area contributed by atoms with Gasteiger partial charge in [0, 0.05) is 40.2 Å². The van der Waals surface area contributed by atoms with Gasteiger partial charge in [-0.25, -0.2) is 9.97 Å². The summed E-state index contributed by atoms with van der Waals surface area (Å²) < 4.78 is 7.37. The molecule has 0 aliphatic heterocycles. The van der Waals surface area contributed by atoms with E-state index in [-0.39, 0.29) is 0 Å². The summed E-state index contributed by atoms with van der Waals surface area (Å²) in [5.41, 5.74) is 21.4. The van der Waals surface area contributed by atoms with Crippen LogP contribution in [0.2, 0.25) is 0 Å². The number of aromatic nitrogens is 2. The average Bonchev–Trinajstić information content (AvgIpc) is 3.56. The Morgan fingerprint density at radius 2 is 0.887 bits per heavy atom. The van der Waals surface area contributed by atoms with E-state index in [1.54, 1.807) is 0 Å². The molecule has 3 heterocycles. The molecule has 5 nitrogen and oxygen atoms in total. The van der Waals surface area contributed by atoms with Gasteiger partial charge in [0.2, 0.25) is 0 Å². The zero-order chi connectivity index (χ0) is 53.1. The molecule has 0 N–H and O–H groups in total. The van der Waals surface area contributed by atoms with E-state index in [1.807, 2.05) is 12.4 Å². The van der Waals surface area contributed by atoms with E-state index in [4.69, 9.17) is 14.4 Å². The van der Waals surface area contributed by atoms with E-state index in [2.05, 4.69) is 278 Å². The van der Waals surface area contributed by atoms with Crippen molar-refractivity contribution < 1.29 is 4.42 Å². The standard InChI is InChI=1S/C75H50N4O/c1-47-35-39-68(76-45-47)78(53-25-17-23-51(41-53)49-19-5-3-6-20-49)55-37-38-60-62(43-55)56-27-9-10-30-59(56)70-72-65(75(73(60)70)63-32-14-11-28-57(63)58-29-12-15-33-64(58)75)44-66(74-71(72)61-31-13-16-34-67(61)80-74)79(69-40-36-48(2)46-77-69)54-26-18-24-52(42-54)50-21-7-4-8-22-50/h3-46H,1-2H3. The van der Waals surface area contributed by atoms with Crippen molar-refractivity contribution in [3.8, 4) is 44.5 Å². The first-order chi connectivity index (χ1) is 39.5. The maximum atomic E-state index is 7.37. The first kappa shape index (κ1) is 45.8. The Morgan fingerprint density at radius 3 is 1.51 bits per heavy atom. The van der Waals surface area contributed by atoms with Gasteiger partial charge < -0.3 is 4.42 Å². The van der Waals surface area contributed by atoms with Crippen molar-refractivity contribution in [2.45, 2.75) is 19.3 Å². The lowest BCUT2D eigenvalue weighted by Crippen LogP contribution is -2.26. The molecule has 2 aliphatic carbocycles. The molecule has 0 fully saturated rings. The molecule has 0 radical (unpaired) electrons. The van der Waals surface area contributed by atoms with Crippen LogP contribution in [-0.2, 0) is 5.41 Å². The summed E-state index contributed by atoms with van der Waals surface area (Å²) in [6, 6.07) is 93.0. The number of fused-ring (bicyclic) bond motifs is 19. The van der Waals surface area contributed by atoms with Gasteiger partial charge in [-0.1, -0.05) is 194 Å². The topological polar surface area (TPSA) is 45.4 Å². The van der Waals surface area contributed by atoms with E-state index in [1.165, 1.54) is 66.1 Å². The zero-order valence-electron chi connectivity index (χ0n) is 44.1. The van der Waals surface area contributed by atoms with Crippen molar-refractivity contribution in [1.29, 1.82) is 0 Å². The molecular formula is C75H50N4O. The number of para-hydroxylation sites is 1. The maximum Gasteiger partial charge on any atom is 0.160 e. The Balaban J connectivity index is 1.04. The van der Waals surface area contributed by atoms with Crippen molar-refractivity contribution in [2.75, 3.05) is 9.80 Å². The zero-order valence-corrected chi connectivity index (χ0v) is 44.1. The highest BCUT2D eigenvalue weighted by Gasteiger charge is 2.54. The van der Waals surface area contributed by atoms with Crippen molar-refractivity contribution in [3.05, 3.63) is 301 Å². The Bertz CT molecular complexity index is 4750. The first-order valence-electron chi connectivity index (χ1n) is 27.5. The van der Waals surface area contributed by atoms with Crippen LogP contribution in [0.1, 0.15) is 33.4 Å². The molecule has 0 saturated carbocycles. The summed E-state index contributed by atoms with van der Waals surface area (Å²) in [6.45, 7) is 4.19. The molecular weight excluding hydrogens is 973 g/mol. The lowest BCUT2D eigenvalue weighted by atomic mass is 9.69. The minimum absolute atomic E-state index is 0.774. The smallest absolute Gasteiger partial charge is 0.160 e. The number of aryl methyl sites for hydroxylation is 2. The van der Waals surface area contributed by atoms with Crippen LogP contribution in [0.4, 0.5) is 34.4 Å². The summed E-state index contributed by atoms with van der Waals surface area (Å²) in [5, 5.41) is 6.87.